The van der Waals surface area contributed by atoms with Crippen molar-refractivity contribution < 1.29 is 0 Å². The summed E-state index contributed by atoms with van der Waals surface area (Å²) in [7, 11) is 0. The number of para-hydroxylation sites is 1. The fraction of sp³-hybridized carbons (Fsp3) is 0.294. The van der Waals surface area contributed by atoms with Gasteiger partial charge in [0.25, 0.3) is 5.56 Å². The van der Waals surface area contributed by atoms with Crippen LogP contribution in [-0.4, -0.2) is 40.0 Å². The highest BCUT2D eigenvalue weighted by Crippen LogP contribution is 2.20. The zero-order chi connectivity index (χ0) is 18.6. The van der Waals surface area contributed by atoms with Gasteiger partial charge in [0.15, 0.2) is 16.6 Å². The molecule has 0 saturated heterocycles. The highest BCUT2D eigenvalue weighted by atomic mass is 32.2. The molecule has 0 spiro atoms. The van der Waals surface area contributed by atoms with E-state index in [2.05, 4.69) is 37.5 Å². The molecule has 9 nitrogen and oxygen atoms in total. The van der Waals surface area contributed by atoms with Crippen molar-refractivity contribution in [2.75, 3.05) is 0 Å². The van der Waals surface area contributed by atoms with Crippen LogP contribution in [0.15, 0.2) is 46.5 Å². The molecule has 27 heavy (non-hydrogen) atoms. The van der Waals surface area contributed by atoms with E-state index in [1.165, 1.54) is 18.0 Å². The molecule has 3 heterocycles. The number of rotatable bonds is 7. The van der Waals surface area contributed by atoms with E-state index >= 15 is 0 Å². The minimum Gasteiger partial charge on any atom is -0.301 e. The Hall–Kier alpha value is -3.01. The Morgan fingerprint density at radius 3 is 2.89 bits per heavy atom. The summed E-state index contributed by atoms with van der Waals surface area (Å²) >= 11 is 1.39. The number of unbranched alkanes of at least 4 members (excludes halogenated alkanes) is 1. The smallest absolute Gasteiger partial charge is 0.262 e. The number of aromatic amines is 1. The normalized spacial score (nSPS) is 11.3. The van der Waals surface area contributed by atoms with Crippen LogP contribution in [0.1, 0.15) is 25.6 Å². The quantitative estimate of drug-likeness (QED) is 0.385. The first-order valence-electron chi connectivity index (χ1n) is 8.67. The number of nitrogens with one attached hydrogen (secondary N) is 1. The van der Waals surface area contributed by atoms with Crippen LogP contribution in [0.4, 0.5) is 0 Å². The van der Waals surface area contributed by atoms with Crippen LogP contribution in [-0.2, 0) is 12.3 Å². The molecule has 0 saturated carbocycles. The van der Waals surface area contributed by atoms with E-state index < -0.39 is 0 Å². The number of benzene rings is 1. The molecule has 0 fully saturated rings. The van der Waals surface area contributed by atoms with Gasteiger partial charge in [0.1, 0.15) is 5.39 Å². The van der Waals surface area contributed by atoms with Gasteiger partial charge in [0, 0.05) is 6.54 Å². The van der Waals surface area contributed by atoms with E-state index in [1.54, 1.807) is 9.36 Å². The Balaban J connectivity index is 1.62. The van der Waals surface area contributed by atoms with Gasteiger partial charge < -0.3 is 4.98 Å². The lowest BCUT2D eigenvalue weighted by molar-refractivity contribution is 0.540. The van der Waals surface area contributed by atoms with Crippen molar-refractivity contribution in [2.45, 2.75) is 37.2 Å². The fourth-order valence-electron chi connectivity index (χ4n) is 2.67. The first-order chi connectivity index (χ1) is 13.3. The largest absolute Gasteiger partial charge is 0.301 e. The van der Waals surface area contributed by atoms with Crippen LogP contribution in [0.25, 0.3) is 16.7 Å². The number of H-pyrrole nitrogens is 1. The first kappa shape index (κ1) is 17.4. The standard InChI is InChI=1S/C17H18N8OS/c1-2-3-9-24-14(21-22-23-24)11-27-17-19-15-13(16(26)20-17)10-18-25(15)12-7-5-4-6-8-12/h4-8,10H,2-3,9,11H2,1H3,(H,19,20,26). The van der Waals surface area contributed by atoms with Gasteiger partial charge in [-0.15, -0.1) is 5.10 Å². The van der Waals surface area contributed by atoms with E-state index in [9.17, 15) is 4.79 Å². The Kier molecular flexibility index (Phi) is 4.97. The average molecular weight is 382 g/mol. The van der Waals surface area contributed by atoms with Crippen molar-refractivity contribution in [3.8, 4) is 5.69 Å². The van der Waals surface area contributed by atoms with Crippen molar-refractivity contribution in [3.05, 3.63) is 52.7 Å². The van der Waals surface area contributed by atoms with Crippen LogP contribution < -0.4 is 5.56 Å². The number of hydrogen-bond donors (Lipinski definition) is 1. The van der Waals surface area contributed by atoms with Crippen molar-refractivity contribution in [2.24, 2.45) is 0 Å². The minimum atomic E-state index is -0.213. The molecule has 0 aliphatic heterocycles. The zero-order valence-corrected chi connectivity index (χ0v) is 15.6. The lowest BCUT2D eigenvalue weighted by Crippen LogP contribution is -2.10. The molecule has 10 heteroatoms. The summed E-state index contributed by atoms with van der Waals surface area (Å²) in [6.45, 7) is 2.90. The summed E-state index contributed by atoms with van der Waals surface area (Å²) < 4.78 is 3.46. The fourth-order valence-corrected chi connectivity index (χ4v) is 3.45. The van der Waals surface area contributed by atoms with Crippen LogP contribution in [0.3, 0.4) is 0 Å². The predicted octanol–water partition coefficient (Wildman–Crippen LogP) is 2.19. The van der Waals surface area contributed by atoms with E-state index in [0.29, 0.717) is 21.9 Å². The van der Waals surface area contributed by atoms with Crippen LogP contribution in [0, 0.1) is 0 Å². The highest BCUT2D eigenvalue weighted by Gasteiger charge is 2.13. The number of thioether (sulfide) groups is 1. The number of aromatic nitrogens is 8. The van der Waals surface area contributed by atoms with Gasteiger partial charge in [-0.25, -0.2) is 14.3 Å². The maximum atomic E-state index is 12.4. The summed E-state index contributed by atoms with van der Waals surface area (Å²) in [6, 6.07) is 9.61. The van der Waals surface area contributed by atoms with Gasteiger partial charge in [-0.05, 0) is 29.0 Å². The number of fused-ring (bicyclic) bond motifs is 1. The van der Waals surface area contributed by atoms with Gasteiger partial charge in [-0.2, -0.15) is 5.10 Å². The maximum Gasteiger partial charge on any atom is 0.262 e. The monoisotopic (exact) mass is 382 g/mol. The molecule has 0 aliphatic carbocycles. The summed E-state index contributed by atoms with van der Waals surface area (Å²) in [5.41, 5.74) is 1.17. The van der Waals surface area contributed by atoms with Crippen molar-refractivity contribution >= 4 is 22.8 Å². The van der Waals surface area contributed by atoms with Crippen molar-refractivity contribution in [1.29, 1.82) is 0 Å². The molecule has 3 aromatic heterocycles. The Labute approximate surface area is 158 Å². The van der Waals surface area contributed by atoms with Gasteiger partial charge in [-0.3, -0.25) is 4.79 Å². The van der Waals surface area contributed by atoms with E-state index in [-0.39, 0.29) is 5.56 Å². The molecule has 1 aromatic carbocycles. The minimum absolute atomic E-state index is 0.213. The SMILES string of the molecule is CCCCn1nnnc1CSc1nc2c(cnn2-c2ccccc2)c(=O)[nH]1. The molecule has 0 atom stereocenters. The Bertz CT molecular complexity index is 1100. The van der Waals surface area contributed by atoms with Gasteiger partial charge in [0.05, 0.1) is 17.6 Å². The van der Waals surface area contributed by atoms with Crippen LogP contribution in [0.2, 0.25) is 0 Å². The first-order valence-corrected chi connectivity index (χ1v) is 9.66. The second-order valence-corrected chi connectivity index (χ2v) is 6.92. The third-order valence-electron chi connectivity index (χ3n) is 4.08. The lowest BCUT2D eigenvalue weighted by atomic mass is 10.3. The Morgan fingerprint density at radius 1 is 1.22 bits per heavy atom. The Morgan fingerprint density at radius 2 is 2.07 bits per heavy atom. The molecule has 4 aromatic rings. The zero-order valence-electron chi connectivity index (χ0n) is 14.7. The molecule has 0 radical (unpaired) electrons. The van der Waals surface area contributed by atoms with Gasteiger partial charge in [0.2, 0.25) is 0 Å². The molecular weight excluding hydrogens is 364 g/mol. The molecule has 0 unspecified atom stereocenters. The highest BCUT2D eigenvalue weighted by molar-refractivity contribution is 7.98. The summed E-state index contributed by atoms with van der Waals surface area (Å²) in [6.07, 6.45) is 3.62. The molecule has 0 amide bonds. The molecule has 0 aliphatic rings. The molecule has 1 N–H and O–H groups in total. The van der Waals surface area contributed by atoms with Crippen molar-refractivity contribution in [1.82, 2.24) is 40.0 Å². The van der Waals surface area contributed by atoms with Gasteiger partial charge in [-0.1, -0.05) is 43.3 Å². The van der Waals surface area contributed by atoms with Crippen molar-refractivity contribution in [3.63, 3.8) is 0 Å². The second-order valence-electron chi connectivity index (χ2n) is 5.96. The third kappa shape index (κ3) is 3.61. The predicted molar refractivity (Wildman–Crippen MR) is 102 cm³/mol. The van der Waals surface area contributed by atoms with E-state index in [4.69, 9.17) is 0 Å². The topological polar surface area (TPSA) is 107 Å². The summed E-state index contributed by atoms with van der Waals surface area (Å²) in [4.78, 5) is 19.8. The maximum absolute atomic E-state index is 12.4. The number of aryl methyl sites for hydroxylation is 1. The van der Waals surface area contributed by atoms with Crippen LogP contribution in [0.5, 0.6) is 0 Å². The third-order valence-corrected chi connectivity index (χ3v) is 4.95. The number of tetrazole rings is 1. The molecular formula is C17H18N8OS. The number of hydrogen-bond acceptors (Lipinski definition) is 7. The molecule has 138 valence electrons. The van der Waals surface area contributed by atoms with E-state index in [0.717, 1.165) is 30.9 Å². The lowest BCUT2D eigenvalue weighted by Gasteiger charge is -2.05. The van der Waals surface area contributed by atoms with Crippen LogP contribution >= 0.6 is 11.8 Å². The molecule has 0 bridgehead atoms. The van der Waals surface area contributed by atoms with E-state index in [1.807, 2.05) is 30.3 Å². The molecule has 4 rings (SSSR count). The average Bonchev–Trinajstić information content (AvgIpc) is 3.32. The number of nitrogens with zero attached hydrogens (tertiary/aromatic N) is 7. The van der Waals surface area contributed by atoms with Gasteiger partial charge >= 0.3 is 0 Å². The summed E-state index contributed by atoms with van der Waals surface area (Å²) in [5.74, 6) is 1.28. The summed E-state index contributed by atoms with van der Waals surface area (Å²) in [5, 5.41) is 17.1. The second kappa shape index (κ2) is 7.70.